The van der Waals surface area contributed by atoms with E-state index in [1.165, 1.54) is 0 Å². The van der Waals surface area contributed by atoms with Crippen molar-refractivity contribution in [2.45, 2.75) is 25.3 Å². The second kappa shape index (κ2) is 8.07. The van der Waals surface area contributed by atoms with E-state index in [1.54, 1.807) is 4.90 Å². The normalized spacial score (nSPS) is 19.3. The molecule has 4 rings (SSSR count). The van der Waals surface area contributed by atoms with Gasteiger partial charge >= 0.3 is 0 Å². The third-order valence-electron chi connectivity index (χ3n) is 4.73. The third kappa shape index (κ3) is 4.02. The van der Waals surface area contributed by atoms with E-state index < -0.39 is 0 Å². The van der Waals surface area contributed by atoms with Crippen molar-refractivity contribution in [3.05, 3.63) is 60.4 Å². The zero-order chi connectivity index (χ0) is 18.5. The molecular weight excluding hydrogens is 344 g/mol. The molecular formula is C20H22N4O3. The maximum Gasteiger partial charge on any atom is 0.261 e. The average molecular weight is 366 g/mol. The predicted octanol–water partition coefficient (Wildman–Crippen LogP) is 2.70. The summed E-state index contributed by atoms with van der Waals surface area (Å²) in [6.45, 7) is 1.41. The molecule has 27 heavy (non-hydrogen) atoms. The number of rotatable bonds is 5. The molecule has 2 aromatic rings. The number of hydrogen-bond donors (Lipinski definition) is 1. The minimum absolute atomic E-state index is 0.00106. The van der Waals surface area contributed by atoms with Crippen molar-refractivity contribution in [2.75, 3.05) is 19.7 Å². The van der Waals surface area contributed by atoms with Crippen molar-refractivity contribution in [3.8, 4) is 5.75 Å². The highest BCUT2D eigenvalue weighted by Crippen LogP contribution is 2.31. The second-order valence-corrected chi connectivity index (χ2v) is 6.56. The van der Waals surface area contributed by atoms with E-state index in [4.69, 9.17) is 9.26 Å². The number of aromatic nitrogens is 2. The van der Waals surface area contributed by atoms with Gasteiger partial charge in [0.2, 0.25) is 11.7 Å². The monoisotopic (exact) mass is 366 g/mol. The lowest BCUT2D eigenvalue weighted by molar-refractivity contribution is -0.138. The lowest BCUT2D eigenvalue weighted by Gasteiger charge is -2.33. The lowest BCUT2D eigenvalue weighted by atomic mass is 10.0. The zero-order valence-corrected chi connectivity index (χ0v) is 15.0. The van der Waals surface area contributed by atoms with Crippen molar-refractivity contribution < 1.29 is 14.1 Å². The van der Waals surface area contributed by atoms with Crippen LogP contribution in [0.1, 0.15) is 37.0 Å². The van der Waals surface area contributed by atoms with Crippen LogP contribution < -0.4 is 10.1 Å². The highest BCUT2D eigenvalue weighted by Gasteiger charge is 2.32. The topological polar surface area (TPSA) is 80.5 Å². The van der Waals surface area contributed by atoms with Crippen LogP contribution in [0.2, 0.25) is 0 Å². The largest absolute Gasteiger partial charge is 0.484 e. The highest BCUT2D eigenvalue weighted by atomic mass is 16.5. The Morgan fingerprint density at radius 1 is 1.30 bits per heavy atom. The van der Waals surface area contributed by atoms with E-state index in [1.807, 2.05) is 48.7 Å². The van der Waals surface area contributed by atoms with E-state index >= 15 is 0 Å². The van der Waals surface area contributed by atoms with Crippen molar-refractivity contribution in [1.29, 1.82) is 0 Å². The average Bonchev–Trinajstić information content (AvgIpc) is 3.23. The Morgan fingerprint density at radius 2 is 2.19 bits per heavy atom. The second-order valence-electron chi connectivity index (χ2n) is 6.56. The summed E-state index contributed by atoms with van der Waals surface area (Å²) in [6, 6.07) is 9.16. The van der Waals surface area contributed by atoms with Crippen LogP contribution in [-0.2, 0) is 4.79 Å². The molecule has 1 saturated heterocycles. The molecule has 140 valence electrons. The fraction of sp³-hybridized carbons (Fsp3) is 0.350. The fourth-order valence-corrected chi connectivity index (χ4v) is 3.34. The van der Waals surface area contributed by atoms with Crippen molar-refractivity contribution in [3.63, 3.8) is 0 Å². The maximum absolute atomic E-state index is 12.7. The third-order valence-corrected chi connectivity index (χ3v) is 4.73. The van der Waals surface area contributed by atoms with Crippen LogP contribution in [0.25, 0.3) is 5.57 Å². The van der Waals surface area contributed by atoms with Crippen LogP contribution in [0.3, 0.4) is 0 Å². The number of amides is 1. The number of likely N-dealkylation sites (tertiary alicyclic amines) is 1. The molecule has 0 aliphatic carbocycles. The molecule has 1 amide bonds. The Bertz CT molecular complexity index is 844. The van der Waals surface area contributed by atoms with Crippen LogP contribution >= 0.6 is 0 Å². The molecule has 0 unspecified atom stereocenters. The van der Waals surface area contributed by atoms with Crippen molar-refractivity contribution >= 4 is 11.5 Å². The van der Waals surface area contributed by atoms with E-state index in [-0.39, 0.29) is 18.6 Å². The fourth-order valence-electron chi connectivity index (χ4n) is 3.34. The van der Waals surface area contributed by atoms with Gasteiger partial charge in [0.15, 0.2) is 6.61 Å². The molecule has 0 bridgehead atoms. The summed E-state index contributed by atoms with van der Waals surface area (Å²) in [5, 5.41) is 7.19. The SMILES string of the molecule is O=C(COc1ccccc1)N1CCCC[C@@H]1c1nc(C2=CCNC=C2)no1. The standard InChI is InChI=1S/C20H22N4O3/c25-18(14-26-16-6-2-1-3-7-16)24-13-5-4-8-17(24)20-22-19(23-27-20)15-9-11-21-12-10-15/h1-3,6-7,9-11,17,21H,4-5,8,12-14H2/t17-/m1/s1. The van der Waals surface area contributed by atoms with Gasteiger partial charge in [0.25, 0.3) is 5.91 Å². The van der Waals surface area contributed by atoms with Gasteiger partial charge in [-0.05, 0) is 43.7 Å². The number of allylic oxidation sites excluding steroid dienone is 2. The van der Waals surface area contributed by atoms with Gasteiger partial charge in [-0.2, -0.15) is 4.98 Å². The molecule has 2 aliphatic rings. The summed E-state index contributed by atoms with van der Waals surface area (Å²) in [6.07, 6.45) is 8.59. The molecule has 1 fully saturated rings. The Kier molecular flexibility index (Phi) is 5.18. The molecule has 7 heteroatoms. The molecule has 1 aromatic heterocycles. The van der Waals surface area contributed by atoms with Crippen molar-refractivity contribution in [1.82, 2.24) is 20.4 Å². The first-order chi connectivity index (χ1) is 13.3. The Hall–Kier alpha value is -3.09. The van der Waals surface area contributed by atoms with Crippen LogP contribution in [-0.4, -0.2) is 40.6 Å². The number of nitrogens with zero attached hydrogens (tertiary/aromatic N) is 3. The molecule has 1 aromatic carbocycles. The summed E-state index contributed by atoms with van der Waals surface area (Å²) in [7, 11) is 0. The van der Waals surface area contributed by atoms with Crippen LogP contribution in [0.15, 0.2) is 53.2 Å². The van der Waals surface area contributed by atoms with Crippen molar-refractivity contribution in [2.24, 2.45) is 0 Å². The number of ether oxygens (including phenoxy) is 1. The summed E-state index contributed by atoms with van der Waals surface area (Å²) in [4.78, 5) is 19.1. The molecule has 0 spiro atoms. The van der Waals surface area contributed by atoms with E-state index in [0.717, 1.165) is 31.4 Å². The first kappa shape index (κ1) is 17.3. The minimum Gasteiger partial charge on any atom is -0.484 e. The number of para-hydroxylation sites is 1. The highest BCUT2D eigenvalue weighted by molar-refractivity contribution is 5.78. The van der Waals surface area contributed by atoms with Gasteiger partial charge in [-0.3, -0.25) is 4.79 Å². The quantitative estimate of drug-likeness (QED) is 0.876. The number of carbonyl (C=O) groups excluding carboxylic acids is 1. The molecule has 0 radical (unpaired) electrons. The summed E-state index contributed by atoms with van der Waals surface area (Å²) in [5.41, 5.74) is 0.921. The van der Waals surface area contributed by atoms with Gasteiger partial charge in [0, 0.05) is 18.7 Å². The van der Waals surface area contributed by atoms with Crippen LogP contribution in [0.4, 0.5) is 0 Å². The Morgan fingerprint density at radius 3 is 3.00 bits per heavy atom. The molecule has 2 aliphatic heterocycles. The van der Waals surface area contributed by atoms with E-state index in [0.29, 0.717) is 24.0 Å². The van der Waals surface area contributed by atoms with Gasteiger partial charge < -0.3 is 19.5 Å². The van der Waals surface area contributed by atoms with E-state index in [9.17, 15) is 4.79 Å². The minimum atomic E-state index is -0.196. The van der Waals surface area contributed by atoms with Crippen LogP contribution in [0, 0.1) is 0 Å². The Labute approximate surface area is 157 Å². The number of nitrogens with one attached hydrogen (secondary N) is 1. The number of hydrogen-bond acceptors (Lipinski definition) is 6. The molecule has 3 heterocycles. The summed E-state index contributed by atoms with van der Waals surface area (Å²) in [5.74, 6) is 1.67. The van der Waals surface area contributed by atoms with Gasteiger partial charge in [0.1, 0.15) is 11.8 Å². The Balaban J connectivity index is 1.46. The number of benzene rings is 1. The van der Waals surface area contributed by atoms with Gasteiger partial charge in [0.05, 0.1) is 0 Å². The lowest BCUT2D eigenvalue weighted by Crippen LogP contribution is -2.41. The van der Waals surface area contributed by atoms with Gasteiger partial charge in [-0.25, -0.2) is 0 Å². The summed E-state index contributed by atoms with van der Waals surface area (Å²) < 4.78 is 11.1. The first-order valence-corrected chi connectivity index (χ1v) is 9.22. The molecule has 1 N–H and O–H groups in total. The first-order valence-electron chi connectivity index (χ1n) is 9.22. The molecule has 1 atom stereocenters. The molecule has 0 saturated carbocycles. The maximum atomic E-state index is 12.7. The smallest absolute Gasteiger partial charge is 0.261 e. The number of piperidine rings is 1. The number of dihydropyridines is 1. The zero-order valence-electron chi connectivity index (χ0n) is 15.0. The van der Waals surface area contributed by atoms with Gasteiger partial charge in [-0.15, -0.1) is 0 Å². The number of carbonyl (C=O) groups is 1. The predicted molar refractivity (Wildman–Crippen MR) is 99.7 cm³/mol. The van der Waals surface area contributed by atoms with Crippen LogP contribution in [0.5, 0.6) is 5.75 Å². The molecule has 7 nitrogen and oxygen atoms in total. The van der Waals surface area contributed by atoms with E-state index in [2.05, 4.69) is 15.5 Å². The van der Waals surface area contributed by atoms with Gasteiger partial charge in [-0.1, -0.05) is 29.4 Å². The summed E-state index contributed by atoms with van der Waals surface area (Å²) >= 11 is 0.